The highest BCUT2D eigenvalue weighted by atomic mass is 35.5. The zero-order valence-corrected chi connectivity index (χ0v) is 19.1. The molecule has 1 unspecified atom stereocenters. The average Bonchev–Trinajstić information content (AvgIpc) is 2.87. The maximum Gasteiger partial charge on any atom is 0.321 e. The van der Waals surface area contributed by atoms with Gasteiger partial charge in [-0.05, 0) is 56.2 Å². The number of carbonyl (C=O) groups excluding carboxylic acids is 2. The molecule has 7 nitrogen and oxygen atoms in total. The lowest BCUT2D eigenvalue weighted by Gasteiger charge is -2.34. The van der Waals surface area contributed by atoms with Crippen LogP contribution in [0.3, 0.4) is 0 Å². The topological polar surface area (TPSA) is 91.0 Å². The molecule has 0 aromatic heterocycles. The number of nitrogens with one attached hydrogen (secondary N) is 1. The normalized spacial score (nSPS) is 22.6. The van der Waals surface area contributed by atoms with Crippen LogP contribution in [0.4, 0.5) is 10.5 Å². The SMILES string of the molecule is CC(C)CC1(C)N=C(N)N(CC2CCN(C(=O)Nc3ccc(Cl)c(Cl)c3)CC2)C1=O. The van der Waals surface area contributed by atoms with Crippen molar-refractivity contribution in [3.63, 3.8) is 0 Å². The maximum atomic E-state index is 12.9. The summed E-state index contributed by atoms with van der Waals surface area (Å²) in [6.45, 7) is 7.78. The van der Waals surface area contributed by atoms with E-state index in [1.54, 1.807) is 28.0 Å². The van der Waals surface area contributed by atoms with Crippen molar-refractivity contribution < 1.29 is 9.59 Å². The summed E-state index contributed by atoms with van der Waals surface area (Å²) in [5, 5.41) is 3.69. The molecule has 164 valence electrons. The number of urea groups is 1. The van der Waals surface area contributed by atoms with Gasteiger partial charge in [0.25, 0.3) is 5.91 Å². The number of guanidine groups is 1. The van der Waals surface area contributed by atoms with E-state index in [1.807, 2.05) is 6.92 Å². The number of hydrogen-bond donors (Lipinski definition) is 2. The summed E-state index contributed by atoms with van der Waals surface area (Å²) in [4.78, 5) is 33.3. The molecular formula is C21H29Cl2N5O2. The van der Waals surface area contributed by atoms with Crippen molar-refractivity contribution >= 4 is 46.8 Å². The minimum atomic E-state index is -0.765. The summed E-state index contributed by atoms with van der Waals surface area (Å²) in [6, 6.07) is 4.82. The molecule has 30 heavy (non-hydrogen) atoms. The lowest BCUT2D eigenvalue weighted by atomic mass is 9.90. The predicted molar refractivity (Wildman–Crippen MR) is 121 cm³/mol. The van der Waals surface area contributed by atoms with Gasteiger partial charge in [0, 0.05) is 25.3 Å². The quantitative estimate of drug-likeness (QED) is 0.699. The Morgan fingerprint density at radius 1 is 1.30 bits per heavy atom. The van der Waals surface area contributed by atoms with Crippen molar-refractivity contribution in [2.24, 2.45) is 22.6 Å². The summed E-state index contributed by atoms with van der Waals surface area (Å²) in [5.74, 6) is 0.919. The molecule has 1 aromatic rings. The highest BCUT2D eigenvalue weighted by molar-refractivity contribution is 6.42. The third-order valence-electron chi connectivity index (χ3n) is 5.66. The second-order valence-electron chi connectivity index (χ2n) is 8.75. The molecule has 3 amide bonds. The average molecular weight is 454 g/mol. The van der Waals surface area contributed by atoms with Crippen molar-refractivity contribution in [3.8, 4) is 0 Å². The number of rotatable bonds is 5. The van der Waals surface area contributed by atoms with Crippen LogP contribution in [0, 0.1) is 11.8 Å². The molecule has 2 aliphatic heterocycles. The Balaban J connectivity index is 1.52. The molecule has 3 rings (SSSR count). The van der Waals surface area contributed by atoms with E-state index in [-0.39, 0.29) is 17.9 Å². The lowest BCUT2D eigenvalue weighted by Crippen LogP contribution is -2.48. The molecule has 0 saturated carbocycles. The molecule has 0 radical (unpaired) electrons. The number of nitrogens with two attached hydrogens (primary N) is 1. The van der Waals surface area contributed by atoms with E-state index in [2.05, 4.69) is 24.2 Å². The zero-order chi connectivity index (χ0) is 22.1. The van der Waals surface area contributed by atoms with Crippen molar-refractivity contribution in [1.29, 1.82) is 0 Å². The van der Waals surface area contributed by atoms with Crippen molar-refractivity contribution in [3.05, 3.63) is 28.2 Å². The first-order chi connectivity index (χ1) is 14.1. The van der Waals surface area contributed by atoms with Gasteiger partial charge < -0.3 is 16.0 Å². The van der Waals surface area contributed by atoms with E-state index in [0.29, 0.717) is 53.7 Å². The molecule has 9 heteroatoms. The first-order valence-corrected chi connectivity index (χ1v) is 11.0. The Bertz CT molecular complexity index is 852. The number of aliphatic imine (C=N–C) groups is 1. The molecule has 0 bridgehead atoms. The van der Waals surface area contributed by atoms with E-state index in [4.69, 9.17) is 28.9 Å². The summed E-state index contributed by atoms with van der Waals surface area (Å²) in [7, 11) is 0. The van der Waals surface area contributed by atoms with E-state index < -0.39 is 5.54 Å². The van der Waals surface area contributed by atoms with Gasteiger partial charge in [-0.2, -0.15) is 0 Å². The second-order valence-corrected chi connectivity index (χ2v) is 9.56. The second kappa shape index (κ2) is 9.02. The highest BCUT2D eigenvalue weighted by Gasteiger charge is 2.44. The fourth-order valence-electron chi connectivity index (χ4n) is 4.21. The van der Waals surface area contributed by atoms with Crippen LogP contribution < -0.4 is 11.1 Å². The number of carbonyl (C=O) groups is 2. The Morgan fingerprint density at radius 3 is 2.57 bits per heavy atom. The van der Waals surface area contributed by atoms with Crippen LogP contribution in [0.15, 0.2) is 23.2 Å². The molecule has 2 aliphatic rings. The minimum Gasteiger partial charge on any atom is -0.369 e. The third-order valence-corrected chi connectivity index (χ3v) is 6.40. The van der Waals surface area contributed by atoms with Crippen LogP contribution in [0.25, 0.3) is 0 Å². The molecule has 1 fully saturated rings. The number of halogens is 2. The third kappa shape index (κ3) is 5.01. The van der Waals surface area contributed by atoms with Gasteiger partial charge in [-0.15, -0.1) is 0 Å². The van der Waals surface area contributed by atoms with Crippen LogP contribution in [-0.2, 0) is 4.79 Å². The summed E-state index contributed by atoms with van der Waals surface area (Å²) in [5.41, 5.74) is 5.92. The number of benzene rings is 1. The Kier molecular flexibility index (Phi) is 6.82. The molecule has 1 atom stereocenters. The first kappa shape index (κ1) is 22.7. The summed E-state index contributed by atoms with van der Waals surface area (Å²) >= 11 is 11.9. The monoisotopic (exact) mass is 453 g/mol. The van der Waals surface area contributed by atoms with Crippen molar-refractivity contribution in [2.75, 3.05) is 25.0 Å². The van der Waals surface area contributed by atoms with Crippen LogP contribution in [0.1, 0.15) is 40.0 Å². The number of anilines is 1. The van der Waals surface area contributed by atoms with E-state index in [0.717, 1.165) is 12.8 Å². The first-order valence-electron chi connectivity index (χ1n) is 10.3. The number of nitrogens with zero attached hydrogens (tertiary/aromatic N) is 3. The van der Waals surface area contributed by atoms with Gasteiger partial charge in [0.15, 0.2) is 5.96 Å². The van der Waals surface area contributed by atoms with Gasteiger partial charge in [-0.1, -0.05) is 37.0 Å². The van der Waals surface area contributed by atoms with E-state index >= 15 is 0 Å². The van der Waals surface area contributed by atoms with E-state index in [9.17, 15) is 9.59 Å². The molecule has 0 aliphatic carbocycles. The Labute approximate surface area is 187 Å². The number of amides is 3. The molecular weight excluding hydrogens is 425 g/mol. The molecule has 2 heterocycles. The smallest absolute Gasteiger partial charge is 0.321 e. The highest BCUT2D eigenvalue weighted by Crippen LogP contribution is 2.30. The van der Waals surface area contributed by atoms with Gasteiger partial charge in [0.1, 0.15) is 5.54 Å². The van der Waals surface area contributed by atoms with Gasteiger partial charge in [-0.3, -0.25) is 9.69 Å². The lowest BCUT2D eigenvalue weighted by molar-refractivity contribution is -0.131. The minimum absolute atomic E-state index is 0.0199. The van der Waals surface area contributed by atoms with Gasteiger partial charge >= 0.3 is 6.03 Å². The van der Waals surface area contributed by atoms with Gasteiger partial charge in [-0.25, -0.2) is 9.79 Å². The predicted octanol–water partition coefficient (Wildman–Crippen LogP) is 4.20. The number of likely N-dealkylation sites (tertiary alicyclic amines) is 1. The van der Waals surface area contributed by atoms with Gasteiger partial charge in [0.05, 0.1) is 10.0 Å². The van der Waals surface area contributed by atoms with Gasteiger partial charge in [0.2, 0.25) is 0 Å². The Morgan fingerprint density at radius 2 is 1.97 bits per heavy atom. The summed E-state index contributed by atoms with van der Waals surface area (Å²) < 4.78 is 0. The number of piperidine rings is 1. The zero-order valence-electron chi connectivity index (χ0n) is 17.6. The van der Waals surface area contributed by atoms with Crippen LogP contribution >= 0.6 is 23.2 Å². The molecule has 1 aromatic carbocycles. The fraction of sp³-hybridized carbons (Fsp3) is 0.571. The van der Waals surface area contributed by atoms with Crippen LogP contribution in [-0.4, -0.2) is 52.9 Å². The molecule has 3 N–H and O–H groups in total. The standard InChI is InChI=1S/C21H29Cl2N5O2/c1-13(2)11-21(3)18(29)28(19(24)26-21)12-14-6-8-27(9-7-14)20(30)25-15-4-5-16(22)17(23)10-15/h4-5,10,13-14H,6-9,11-12H2,1-3H3,(H2,24,26)(H,25,30). The molecule has 1 saturated heterocycles. The van der Waals surface area contributed by atoms with Crippen molar-refractivity contribution in [1.82, 2.24) is 9.80 Å². The Hall–Kier alpha value is -1.99. The van der Waals surface area contributed by atoms with E-state index in [1.165, 1.54) is 0 Å². The largest absolute Gasteiger partial charge is 0.369 e. The summed E-state index contributed by atoms with van der Waals surface area (Å²) in [6.07, 6.45) is 2.27. The van der Waals surface area contributed by atoms with Crippen molar-refractivity contribution in [2.45, 2.75) is 45.6 Å². The maximum absolute atomic E-state index is 12.9. The fourth-order valence-corrected chi connectivity index (χ4v) is 4.51. The number of hydrogen-bond acceptors (Lipinski definition) is 4. The van der Waals surface area contributed by atoms with Crippen LogP contribution in [0.5, 0.6) is 0 Å². The molecule has 0 spiro atoms. The van der Waals surface area contributed by atoms with Crippen LogP contribution in [0.2, 0.25) is 10.0 Å².